The topological polar surface area (TPSA) is 65.5 Å². The van der Waals surface area contributed by atoms with Gasteiger partial charge in [-0.1, -0.05) is 0 Å². The molecule has 102 valence electrons. The molecule has 3 rings (SSSR count). The van der Waals surface area contributed by atoms with Gasteiger partial charge in [0.1, 0.15) is 0 Å². The summed E-state index contributed by atoms with van der Waals surface area (Å²) in [4.78, 5) is 32.6. The van der Waals surface area contributed by atoms with Gasteiger partial charge in [-0.3, -0.25) is 14.5 Å². The molecule has 0 radical (unpaired) electrons. The Morgan fingerprint density at radius 3 is 3.05 bits per heavy atom. The second kappa shape index (κ2) is 4.90. The lowest BCUT2D eigenvalue weighted by Gasteiger charge is -2.43. The third kappa shape index (κ3) is 2.35. The van der Waals surface area contributed by atoms with Crippen LogP contribution in [-0.2, 0) is 16.1 Å². The zero-order valence-corrected chi connectivity index (χ0v) is 11.6. The minimum absolute atomic E-state index is 0.104. The number of nitrogens with zero attached hydrogens (tertiary/aromatic N) is 3. The fraction of sp³-hybridized carbons (Fsp3) is 0.583. The van der Waals surface area contributed by atoms with Crippen molar-refractivity contribution >= 4 is 23.2 Å². The zero-order chi connectivity index (χ0) is 13.4. The van der Waals surface area contributed by atoms with Crippen LogP contribution in [-0.4, -0.2) is 58.8 Å². The molecule has 7 heteroatoms. The summed E-state index contributed by atoms with van der Waals surface area (Å²) in [6, 6.07) is 0.104. The summed E-state index contributed by atoms with van der Waals surface area (Å²) in [6.45, 7) is 5.71. The molecule has 1 aromatic heterocycles. The molecule has 2 amide bonds. The van der Waals surface area contributed by atoms with E-state index in [0.29, 0.717) is 13.1 Å². The average molecular weight is 280 g/mol. The van der Waals surface area contributed by atoms with Gasteiger partial charge in [0.15, 0.2) is 0 Å². The Morgan fingerprint density at radius 2 is 2.32 bits per heavy atom. The van der Waals surface area contributed by atoms with E-state index < -0.39 is 5.91 Å². The smallest absolute Gasteiger partial charge is 0.312 e. The second-order valence-electron chi connectivity index (χ2n) is 4.96. The molecule has 2 aliphatic rings. The number of fused-ring (bicyclic) bond motifs is 1. The van der Waals surface area contributed by atoms with E-state index in [4.69, 9.17) is 0 Å². The molecule has 0 spiro atoms. The van der Waals surface area contributed by atoms with Gasteiger partial charge in [0.05, 0.1) is 17.2 Å². The van der Waals surface area contributed by atoms with Crippen LogP contribution in [0.5, 0.6) is 0 Å². The fourth-order valence-corrected chi connectivity index (χ4v) is 3.42. The monoisotopic (exact) mass is 280 g/mol. The first-order valence-corrected chi connectivity index (χ1v) is 7.23. The molecule has 0 saturated carbocycles. The maximum absolute atomic E-state index is 11.7. The van der Waals surface area contributed by atoms with Crippen molar-refractivity contribution in [3.8, 4) is 0 Å². The molecule has 1 unspecified atom stereocenters. The van der Waals surface area contributed by atoms with Crippen LogP contribution in [0.3, 0.4) is 0 Å². The van der Waals surface area contributed by atoms with Crippen LogP contribution in [0.1, 0.15) is 10.6 Å². The van der Waals surface area contributed by atoms with Crippen LogP contribution in [0, 0.1) is 6.92 Å². The van der Waals surface area contributed by atoms with Crippen molar-refractivity contribution < 1.29 is 9.59 Å². The number of carbonyl (C=O) groups excluding carboxylic acids is 2. The Kier molecular flexibility index (Phi) is 3.24. The number of nitrogens with one attached hydrogen (secondary N) is 1. The Morgan fingerprint density at radius 1 is 1.47 bits per heavy atom. The van der Waals surface area contributed by atoms with Crippen molar-refractivity contribution in [2.75, 3.05) is 26.2 Å². The summed E-state index contributed by atoms with van der Waals surface area (Å²) < 4.78 is 0. The average Bonchev–Trinajstić information content (AvgIpc) is 2.80. The van der Waals surface area contributed by atoms with E-state index in [-0.39, 0.29) is 11.9 Å². The number of aryl methyl sites for hydroxylation is 1. The van der Waals surface area contributed by atoms with E-state index in [9.17, 15) is 9.59 Å². The quantitative estimate of drug-likeness (QED) is 0.748. The Bertz CT molecular complexity index is 516. The highest BCUT2D eigenvalue weighted by Gasteiger charge is 2.37. The number of rotatable bonds is 2. The first-order chi connectivity index (χ1) is 9.15. The van der Waals surface area contributed by atoms with Gasteiger partial charge in [-0.2, -0.15) is 0 Å². The van der Waals surface area contributed by atoms with E-state index in [1.165, 1.54) is 4.88 Å². The molecule has 2 saturated heterocycles. The summed E-state index contributed by atoms with van der Waals surface area (Å²) in [5, 5.41) is 2.66. The Hall–Kier alpha value is -1.47. The van der Waals surface area contributed by atoms with Gasteiger partial charge in [0.2, 0.25) is 0 Å². The van der Waals surface area contributed by atoms with Crippen LogP contribution in [0.25, 0.3) is 0 Å². The normalized spacial score (nSPS) is 24.3. The van der Waals surface area contributed by atoms with Crippen LogP contribution in [0.4, 0.5) is 0 Å². The van der Waals surface area contributed by atoms with Crippen molar-refractivity contribution in [1.82, 2.24) is 20.1 Å². The van der Waals surface area contributed by atoms with Gasteiger partial charge in [0.25, 0.3) is 0 Å². The van der Waals surface area contributed by atoms with E-state index in [0.717, 1.165) is 25.3 Å². The molecule has 1 atom stereocenters. The lowest BCUT2D eigenvalue weighted by atomic mass is 10.1. The van der Waals surface area contributed by atoms with E-state index in [1.54, 1.807) is 16.2 Å². The van der Waals surface area contributed by atoms with E-state index >= 15 is 0 Å². The summed E-state index contributed by atoms with van der Waals surface area (Å²) in [5.74, 6) is -0.854. The molecule has 0 aromatic carbocycles. The molecule has 19 heavy (non-hydrogen) atoms. The number of hydrogen-bond donors (Lipinski definition) is 1. The number of piperazine rings is 2. The highest BCUT2D eigenvalue weighted by atomic mass is 32.1. The molecule has 3 heterocycles. The summed E-state index contributed by atoms with van der Waals surface area (Å²) in [6.07, 6.45) is 0. The highest BCUT2D eigenvalue weighted by Crippen LogP contribution is 2.19. The molecule has 1 aromatic rings. The van der Waals surface area contributed by atoms with Gasteiger partial charge < -0.3 is 10.2 Å². The van der Waals surface area contributed by atoms with Crippen LogP contribution in [0.15, 0.2) is 5.51 Å². The van der Waals surface area contributed by atoms with Crippen LogP contribution >= 0.6 is 11.3 Å². The molecule has 0 aliphatic carbocycles. The number of carbonyl (C=O) groups is 2. The van der Waals surface area contributed by atoms with Crippen LogP contribution < -0.4 is 5.32 Å². The predicted molar refractivity (Wildman–Crippen MR) is 70.6 cm³/mol. The van der Waals surface area contributed by atoms with Gasteiger partial charge in [-0.15, -0.1) is 11.3 Å². The SMILES string of the molecule is Cc1ncsc1CN1CCN2C(=O)C(=O)NCC2C1. The molecular formula is C12H16N4O2S. The predicted octanol–water partition coefficient (Wildman–Crippen LogP) is -0.406. The van der Waals surface area contributed by atoms with Gasteiger partial charge in [-0.05, 0) is 6.92 Å². The molecule has 2 fully saturated rings. The van der Waals surface area contributed by atoms with E-state index in [2.05, 4.69) is 15.2 Å². The zero-order valence-electron chi connectivity index (χ0n) is 10.8. The fourth-order valence-electron chi connectivity index (χ4n) is 2.60. The summed E-state index contributed by atoms with van der Waals surface area (Å²) >= 11 is 1.67. The lowest BCUT2D eigenvalue weighted by molar-refractivity contribution is -0.152. The molecule has 2 aliphatic heterocycles. The van der Waals surface area contributed by atoms with Gasteiger partial charge >= 0.3 is 11.8 Å². The number of amides is 2. The molecular weight excluding hydrogens is 264 g/mol. The summed E-state index contributed by atoms with van der Waals surface area (Å²) in [7, 11) is 0. The number of thiazole rings is 1. The van der Waals surface area contributed by atoms with Gasteiger partial charge in [-0.25, -0.2) is 4.98 Å². The standard InChI is InChI=1S/C12H16N4O2S/c1-8-10(19-7-14-8)6-15-2-3-16-9(5-15)4-13-11(17)12(16)18/h7,9H,2-6H2,1H3,(H,13,17). The maximum Gasteiger partial charge on any atom is 0.312 e. The molecule has 1 N–H and O–H groups in total. The van der Waals surface area contributed by atoms with E-state index in [1.807, 2.05) is 12.4 Å². The Labute approximate surface area is 115 Å². The third-order valence-electron chi connectivity index (χ3n) is 3.73. The van der Waals surface area contributed by atoms with Crippen LogP contribution in [0.2, 0.25) is 0 Å². The first-order valence-electron chi connectivity index (χ1n) is 6.35. The number of hydrogen-bond acceptors (Lipinski definition) is 5. The number of aromatic nitrogens is 1. The minimum atomic E-state index is -0.469. The van der Waals surface area contributed by atoms with Crippen molar-refractivity contribution in [1.29, 1.82) is 0 Å². The lowest BCUT2D eigenvalue weighted by Crippen LogP contribution is -2.65. The van der Waals surface area contributed by atoms with Crippen molar-refractivity contribution in [2.45, 2.75) is 19.5 Å². The highest BCUT2D eigenvalue weighted by molar-refractivity contribution is 7.09. The maximum atomic E-state index is 11.7. The van der Waals surface area contributed by atoms with Crippen molar-refractivity contribution in [2.24, 2.45) is 0 Å². The van der Waals surface area contributed by atoms with Crippen molar-refractivity contribution in [3.63, 3.8) is 0 Å². The Balaban J connectivity index is 1.65. The minimum Gasteiger partial charge on any atom is -0.346 e. The first kappa shape index (κ1) is 12.6. The third-order valence-corrected chi connectivity index (χ3v) is 4.65. The molecule has 0 bridgehead atoms. The van der Waals surface area contributed by atoms with Crippen molar-refractivity contribution in [3.05, 3.63) is 16.1 Å². The summed E-state index contributed by atoms with van der Waals surface area (Å²) in [5.41, 5.74) is 2.95. The van der Waals surface area contributed by atoms with Gasteiger partial charge in [0, 0.05) is 37.6 Å². The second-order valence-corrected chi connectivity index (χ2v) is 5.90. The molecule has 6 nitrogen and oxygen atoms in total. The largest absolute Gasteiger partial charge is 0.346 e.